The molecule has 0 amide bonds. The highest BCUT2D eigenvalue weighted by Gasteiger charge is 2.18. The molecule has 2 nitrogen and oxygen atoms in total. The number of carbonyl (C=O) groups excluding carboxylic acids is 1. The molecule has 0 radical (unpaired) electrons. The number of nitrogens with zero attached hydrogens (tertiary/aromatic N) is 1. The number of piperidine rings is 1. The zero-order chi connectivity index (χ0) is 10.6. The number of ketones is 1. The average Bonchev–Trinajstić information content (AvgIpc) is 2.16. The van der Waals surface area contributed by atoms with E-state index in [1.165, 1.54) is 25.9 Å². The van der Waals surface area contributed by atoms with E-state index in [4.69, 9.17) is 0 Å². The van der Waals surface area contributed by atoms with Crippen LogP contribution < -0.4 is 0 Å². The third-order valence-corrected chi connectivity index (χ3v) is 3.28. The Morgan fingerprint density at radius 3 is 2.43 bits per heavy atom. The van der Waals surface area contributed by atoms with Crippen molar-refractivity contribution in [1.82, 2.24) is 4.90 Å². The Kier molecular flexibility index (Phi) is 4.59. The van der Waals surface area contributed by atoms with Gasteiger partial charge in [-0.25, -0.2) is 0 Å². The summed E-state index contributed by atoms with van der Waals surface area (Å²) in [5.74, 6) is 1.46. The fourth-order valence-corrected chi connectivity index (χ4v) is 1.99. The van der Waals surface area contributed by atoms with E-state index in [1.807, 2.05) is 13.8 Å². The highest BCUT2D eigenvalue weighted by molar-refractivity contribution is 5.80. The Bertz CT molecular complexity index is 181. The van der Waals surface area contributed by atoms with E-state index in [0.29, 0.717) is 5.78 Å². The summed E-state index contributed by atoms with van der Waals surface area (Å²) in [4.78, 5) is 13.8. The third kappa shape index (κ3) is 3.79. The van der Waals surface area contributed by atoms with Crippen molar-refractivity contribution in [3.05, 3.63) is 0 Å². The molecule has 2 heteroatoms. The lowest BCUT2D eigenvalue weighted by Crippen LogP contribution is -2.30. The lowest BCUT2D eigenvalue weighted by Gasteiger charge is -2.28. The molecule has 1 rings (SSSR count). The van der Waals surface area contributed by atoms with Gasteiger partial charge in [0.2, 0.25) is 0 Å². The van der Waals surface area contributed by atoms with Crippen LogP contribution in [0.1, 0.15) is 39.5 Å². The van der Waals surface area contributed by atoms with Crippen LogP contribution in [0.25, 0.3) is 0 Å². The Morgan fingerprint density at radius 1 is 1.36 bits per heavy atom. The number of hydrogen-bond acceptors (Lipinski definition) is 2. The summed E-state index contributed by atoms with van der Waals surface area (Å²) in [5.41, 5.74) is 0. The first-order chi connectivity index (χ1) is 6.59. The molecule has 0 aliphatic carbocycles. The van der Waals surface area contributed by atoms with Crippen LogP contribution in [-0.4, -0.2) is 30.8 Å². The van der Waals surface area contributed by atoms with Crippen molar-refractivity contribution in [2.45, 2.75) is 39.5 Å². The molecule has 14 heavy (non-hydrogen) atoms. The van der Waals surface area contributed by atoms with Crippen LogP contribution >= 0.6 is 0 Å². The molecule has 0 unspecified atom stereocenters. The van der Waals surface area contributed by atoms with E-state index in [-0.39, 0.29) is 5.92 Å². The van der Waals surface area contributed by atoms with E-state index >= 15 is 0 Å². The molecule has 1 aliphatic rings. The summed E-state index contributed by atoms with van der Waals surface area (Å²) in [6.07, 6.45) is 4.47. The molecule has 0 aromatic rings. The zero-order valence-corrected chi connectivity index (χ0v) is 9.75. The van der Waals surface area contributed by atoms with Gasteiger partial charge in [0.15, 0.2) is 0 Å². The molecule has 0 saturated carbocycles. The van der Waals surface area contributed by atoms with Crippen LogP contribution in [-0.2, 0) is 4.79 Å². The normalized spacial score (nSPS) is 20.3. The van der Waals surface area contributed by atoms with Gasteiger partial charge in [0.05, 0.1) is 0 Å². The number of hydrogen-bond donors (Lipinski definition) is 0. The van der Waals surface area contributed by atoms with E-state index < -0.39 is 0 Å². The minimum absolute atomic E-state index is 0.223. The fourth-order valence-electron chi connectivity index (χ4n) is 1.99. The quantitative estimate of drug-likeness (QED) is 0.689. The van der Waals surface area contributed by atoms with Gasteiger partial charge < -0.3 is 4.90 Å². The van der Waals surface area contributed by atoms with Gasteiger partial charge >= 0.3 is 0 Å². The molecule has 0 aromatic heterocycles. The summed E-state index contributed by atoms with van der Waals surface area (Å²) >= 11 is 0. The minimum atomic E-state index is 0.223. The van der Waals surface area contributed by atoms with E-state index in [1.54, 1.807) is 0 Å². The first kappa shape index (κ1) is 11.7. The fraction of sp³-hybridized carbons (Fsp3) is 0.917. The summed E-state index contributed by atoms with van der Waals surface area (Å²) < 4.78 is 0. The average molecular weight is 197 g/mol. The molecule has 0 bridgehead atoms. The van der Waals surface area contributed by atoms with E-state index in [2.05, 4.69) is 11.9 Å². The van der Waals surface area contributed by atoms with Crippen LogP contribution in [0, 0.1) is 11.8 Å². The second kappa shape index (κ2) is 5.50. The van der Waals surface area contributed by atoms with Crippen molar-refractivity contribution in [3.63, 3.8) is 0 Å². The first-order valence-corrected chi connectivity index (χ1v) is 5.81. The first-order valence-electron chi connectivity index (χ1n) is 5.81. The standard InChI is InChI=1S/C12H23NO/c1-10(2)12(14)5-4-11-6-8-13(3)9-7-11/h10-11H,4-9H2,1-3H3. The van der Waals surface area contributed by atoms with Gasteiger partial charge in [0.25, 0.3) is 0 Å². The van der Waals surface area contributed by atoms with Gasteiger partial charge in [-0.2, -0.15) is 0 Å². The molecular formula is C12H23NO. The van der Waals surface area contributed by atoms with Crippen molar-refractivity contribution in [2.24, 2.45) is 11.8 Å². The maximum atomic E-state index is 11.4. The van der Waals surface area contributed by atoms with Crippen LogP contribution in [0.15, 0.2) is 0 Å². The smallest absolute Gasteiger partial charge is 0.135 e. The SMILES string of the molecule is CC(C)C(=O)CCC1CCN(C)CC1. The molecular weight excluding hydrogens is 174 g/mol. The number of rotatable bonds is 4. The molecule has 0 atom stereocenters. The number of Topliss-reactive ketones (excluding diaryl/α,β-unsaturated/α-hetero) is 1. The third-order valence-electron chi connectivity index (χ3n) is 3.28. The highest BCUT2D eigenvalue weighted by atomic mass is 16.1. The maximum absolute atomic E-state index is 11.4. The predicted octanol–water partition coefficient (Wildman–Crippen LogP) is 2.33. The molecule has 82 valence electrons. The summed E-state index contributed by atoms with van der Waals surface area (Å²) in [7, 11) is 2.18. The van der Waals surface area contributed by atoms with Gasteiger partial charge in [-0.15, -0.1) is 0 Å². The van der Waals surface area contributed by atoms with Crippen molar-refractivity contribution < 1.29 is 4.79 Å². The van der Waals surface area contributed by atoms with Crippen LogP contribution in [0.4, 0.5) is 0 Å². The molecule has 1 aliphatic heterocycles. The topological polar surface area (TPSA) is 20.3 Å². The Hall–Kier alpha value is -0.370. The van der Waals surface area contributed by atoms with Gasteiger partial charge in [-0.1, -0.05) is 13.8 Å². The van der Waals surface area contributed by atoms with Gasteiger partial charge in [-0.05, 0) is 45.3 Å². The highest BCUT2D eigenvalue weighted by Crippen LogP contribution is 2.21. The molecule has 0 N–H and O–H groups in total. The van der Waals surface area contributed by atoms with Crippen molar-refractivity contribution in [3.8, 4) is 0 Å². The zero-order valence-electron chi connectivity index (χ0n) is 9.75. The lowest BCUT2D eigenvalue weighted by molar-refractivity contribution is -0.122. The van der Waals surface area contributed by atoms with Crippen molar-refractivity contribution in [2.75, 3.05) is 20.1 Å². The van der Waals surface area contributed by atoms with Crippen LogP contribution in [0.2, 0.25) is 0 Å². The molecule has 1 heterocycles. The van der Waals surface area contributed by atoms with Gasteiger partial charge in [-0.3, -0.25) is 4.79 Å². The Morgan fingerprint density at radius 2 is 1.93 bits per heavy atom. The van der Waals surface area contributed by atoms with Crippen LogP contribution in [0.3, 0.4) is 0 Å². The summed E-state index contributed by atoms with van der Waals surface area (Å²) in [6, 6.07) is 0. The minimum Gasteiger partial charge on any atom is -0.306 e. The monoisotopic (exact) mass is 197 g/mol. The van der Waals surface area contributed by atoms with Gasteiger partial charge in [0, 0.05) is 12.3 Å². The van der Waals surface area contributed by atoms with Crippen molar-refractivity contribution >= 4 is 5.78 Å². The van der Waals surface area contributed by atoms with Gasteiger partial charge in [0.1, 0.15) is 5.78 Å². The molecule has 0 spiro atoms. The Labute approximate surface area is 87.7 Å². The van der Waals surface area contributed by atoms with Crippen LogP contribution in [0.5, 0.6) is 0 Å². The van der Waals surface area contributed by atoms with E-state index in [9.17, 15) is 4.79 Å². The number of likely N-dealkylation sites (tertiary alicyclic amines) is 1. The largest absolute Gasteiger partial charge is 0.306 e. The Balaban J connectivity index is 2.16. The predicted molar refractivity (Wildman–Crippen MR) is 59.3 cm³/mol. The lowest BCUT2D eigenvalue weighted by atomic mass is 9.90. The summed E-state index contributed by atoms with van der Waals surface area (Å²) in [6.45, 7) is 6.41. The van der Waals surface area contributed by atoms with Crippen molar-refractivity contribution in [1.29, 1.82) is 0 Å². The second-order valence-corrected chi connectivity index (χ2v) is 4.91. The molecule has 1 saturated heterocycles. The second-order valence-electron chi connectivity index (χ2n) is 4.91. The van der Waals surface area contributed by atoms with E-state index in [0.717, 1.165) is 18.8 Å². The summed E-state index contributed by atoms with van der Waals surface area (Å²) in [5, 5.41) is 0. The molecule has 1 fully saturated rings. The molecule has 0 aromatic carbocycles. The maximum Gasteiger partial charge on any atom is 0.135 e. The number of carbonyl (C=O) groups is 1.